The van der Waals surface area contributed by atoms with Crippen LogP contribution in [0.2, 0.25) is 10.0 Å². The van der Waals surface area contributed by atoms with Crippen LogP contribution in [-0.2, 0) is 9.59 Å². The smallest absolute Gasteiger partial charge is 0.242 e. The summed E-state index contributed by atoms with van der Waals surface area (Å²) in [5, 5.41) is 9.81. The Hall–Kier alpha value is -2.38. The molecule has 0 N–H and O–H groups in total. The normalized spacial score (nSPS) is 18.6. The van der Waals surface area contributed by atoms with Crippen molar-refractivity contribution >= 4 is 40.8 Å². The second kappa shape index (κ2) is 8.87. The number of carbonyl (C=O) groups is 2. The van der Waals surface area contributed by atoms with E-state index in [-0.39, 0.29) is 30.3 Å². The van der Waals surface area contributed by atoms with Crippen LogP contribution in [0.5, 0.6) is 0 Å². The molecule has 9 heteroatoms. The van der Waals surface area contributed by atoms with E-state index < -0.39 is 0 Å². The summed E-state index contributed by atoms with van der Waals surface area (Å²) < 4.78 is 0. The summed E-state index contributed by atoms with van der Waals surface area (Å²) in [6.07, 6.45) is 3.99. The first-order valence-corrected chi connectivity index (χ1v) is 11.9. The number of amides is 2. The van der Waals surface area contributed by atoms with Gasteiger partial charge >= 0.3 is 0 Å². The molecule has 0 radical (unpaired) electrons. The molecule has 32 heavy (non-hydrogen) atoms. The standard InChI is InChI=1S/C23H25Cl2N5O2/c24-16-3-6-18(19(25)13-16)20-7-8-21(27-26-20)28-9-11-29(12-10-28)22(31)14-30(17-4-5-17)23(32)15-1-2-15/h3,6-8,13,15,17H,1-2,4-5,9-12,14H2. The van der Waals surface area contributed by atoms with E-state index in [2.05, 4.69) is 15.1 Å². The van der Waals surface area contributed by atoms with Gasteiger partial charge < -0.3 is 14.7 Å². The highest BCUT2D eigenvalue weighted by Gasteiger charge is 2.41. The fourth-order valence-corrected chi connectivity index (χ4v) is 4.61. The Kier molecular flexibility index (Phi) is 5.95. The van der Waals surface area contributed by atoms with Crippen LogP contribution in [0.25, 0.3) is 11.3 Å². The van der Waals surface area contributed by atoms with Crippen LogP contribution >= 0.6 is 23.2 Å². The third kappa shape index (κ3) is 4.69. The Labute approximate surface area is 197 Å². The molecule has 2 heterocycles. The SMILES string of the molecule is O=C(CN(C(=O)C1CC1)C1CC1)N1CCN(c2ccc(-c3ccc(Cl)cc3Cl)nn2)CC1. The third-order valence-electron chi connectivity index (χ3n) is 6.32. The monoisotopic (exact) mass is 473 g/mol. The first-order chi connectivity index (χ1) is 15.5. The van der Waals surface area contributed by atoms with Gasteiger partial charge in [-0.1, -0.05) is 23.2 Å². The van der Waals surface area contributed by atoms with Crippen LogP contribution in [0.15, 0.2) is 30.3 Å². The van der Waals surface area contributed by atoms with E-state index in [1.165, 1.54) is 0 Å². The first-order valence-electron chi connectivity index (χ1n) is 11.1. The van der Waals surface area contributed by atoms with Gasteiger partial charge in [0.25, 0.3) is 0 Å². The summed E-state index contributed by atoms with van der Waals surface area (Å²) >= 11 is 12.2. The van der Waals surface area contributed by atoms with E-state index in [9.17, 15) is 9.59 Å². The van der Waals surface area contributed by atoms with E-state index in [1.54, 1.807) is 12.1 Å². The fraction of sp³-hybridized carbons (Fsp3) is 0.478. The quantitative estimate of drug-likeness (QED) is 0.641. The first kappa shape index (κ1) is 21.5. The zero-order valence-electron chi connectivity index (χ0n) is 17.7. The molecule has 2 aliphatic carbocycles. The van der Waals surface area contributed by atoms with Crippen molar-refractivity contribution in [3.05, 3.63) is 40.4 Å². The van der Waals surface area contributed by atoms with E-state index in [4.69, 9.17) is 23.2 Å². The summed E-state index contributed by atoms with van der Waals surface area (Å²) in [6.45, 7) is 2.81. The van der Waals surface area contributed by atoms with Gasteiger partial charge in [0.05, 0.1) is 10.7 Å². The summed E-state index contributed by atoms with van der Waals surface area (Å²) in [4.78, 5) is 31.2. The maximum Gasteiger partial charge on any atom is 0.242 e. The van der Waals surface area contributed by atoms with Crippen LogP contribution in [0.4, 0.5) is 5.82 Å². The van der Waals surface area contributed by atoms with Crippen molar-refractivity contribution in [3.8, 4) is 11.3 Å². The summed E-state index contributed by atoms with van der Waals surface area (Å²) in [5.41, 5.74) is 1.47. The van der Waals surface area contributed by atoms with Gasteiger partial charge in [-0.2, -0.15) is 0 Å². The molecule has 0 unspecified atom stereocenters. The maximum atomic E-state index is 12.9. The van der Waals surface area contributed by atoms with Crippen molar-refractivity contribution in [2.45, 2.75) is 31.7 Å². The van der Waals surface area contributed by atoms with Crippen molar-refractivity contribution in [1.29, 1.82) is 0 Å². The molecule has 2 saturated carbocycles. The summed E-state index contributed by atoms with van der Waals surface area (Å²) in [7, 11) is 0. The lowest BCUT2D eigenvalue weighted by molar-refractivity contribution is -0.142. The van der Waals surface area contributed by atoms with Crippen molar-refractivity contribution < 1.29 is 9.59 Å². The number of benzene rings is 1. The van der Waals surface area contributed by atoms with Gasteiger partial charge in [-0.05, 0) is 56.0 Å². The predicted molar refractivity (Wildman–Crippen MR) is 124 cm³/mol. The number of hydrogen-bond donors (Lipinski definition) is 0. The van der Waals surface area contributed by atoms with Crippen LogP contribution in [-0.4, -0.2) is 70.6 Å². The topological polar surface area (TPSA) is 69.6 Å². The number of piperazine rings is 1. The number of hydrogen-bond acceptors (Lipinski definition) is 5. The van der Waals surface area contributed by atoms with Gasteiger partial charge in [-0.15, -0.1) is 10.2 Å². The minimum atomic E-state index is 0.0457. The Bertz CT molecular complexity index is 1020. The maximum absolute atomic E-state index is 12.9. The summed E-state index contributed by atoms with van der Waals surface area (Å²) in [5.74, 6) is 1.15. The number of nitrogens with zero attached hydrogens (tertiary/aromatic N) is 5. The van der Waals surface area contributed by atoms with E-state index >= 15 is 0 Å². The molecule has 1 aromatic carbocycles. The largest absolute Gasteiger partial charge is 0.352 e. The molecule has 1 aromatic heterocycles. The highest BCUT2D eigenvalue weighted by atomic mass is 35.5. The highest BCUT2D eigenvalue weighted by molar-refractivity contribution is 6.36. The second-order valence-electron chi connectivity index (χ2n) is 8.74. The molecular formula is C23H25Cl2N5O2. The Morgan fingerprint density at radius 1 is 0.969 bits per heavy atom. The molecule has 168 valence electrons. The van der Waals surface area contributed by atoms with Crippen LogP contribution in [0.1, 0.15) is 25.7 Å². The van der Waals surface area contributed by atoms with Crippen molar-refractivity contribution in [2.24, 2.45) is 5.92 Å². The number of carbonyl (C=O) groups excluding carboxylic acids is 2. The lowest BCUT2D eigenvalue weighted by atomic mass is 10.1. The molecule has 7 nitrogen and oxygen atoms in total. The lowest BCUT2D eigenvalue weighted by Crippen LogP contribution is -2.52. The minimum Gasteiger partial charge on any atom is -0.352 e. The molecule has 5 rings (SSSR count). The van der Waals surface area contributed by atoms with Gasteiger partial charge in [-0.25, -0.2) is 0 Å². The second-order valence-corrected chi connectivity index (χ2v) is 9.58. The van der Waals surface area contributed by atoms with Crippen molar-refractivity contribution in [3.63, 3.8) is 0 Å². The van der Waals surface area contributed by atoms with E-state index in [1.807, 2.05) is 28.0 Å². The zero-order valence-corrected chi connectivity index (χ0v) is 19.2. The van der Waals surface area contributed by atoms with Crippen LogP contribution in [0, 0.1) is 5.92 Å². The van der Waals surface area contributed by atoms with Crippen LogP contribution < -0.4 is 4.90 Å². The average Bonchev–Trinajstić information content (AvgIpc) is 3.71. The lowest BCUT2D eigenvalue weighted by Gasteiger charge is -2.36. The highest BCUT2D eigenvalue weighted by Crippen LogP contribution is 2.36. The number of rotatable bonds is 6. The molecular weight excluding hydrogens is 449 g/mol. The fourth-order valence-electron chi connectivity index (χ4n) is 4.10. The molecule has 1 saturated heterocycles. The third-order valence-corrected chi connectivity index (χ3v) is 6.86. The average molecular weight is 474 g/mol. The number of aromatic nitrogens is 2. The molecule has 2 amide bonds. The van der Waals surface area contributed by atoms with Gasteiger partial charge in [0.15, 0.2) is 5.82 Å². The molecule has 0 bridgehead atoms. The Morgan fingerprint density at radius 3 is 2.31 bits per heavy atom. The molecule has 3 aliphatic rings. The molecule has 0 atom stereocenters. The predicted octanol–water partition coefficient (Wildman–Crippen LogP) is 3.50. The zero-order chi connectivity index (χ0) is 22.2. The summed E-state index contributed by atoms with van der Waals surface area (Å²) in [6, 6.07) is 9.39. The number of anilines is 1. The molecule has 0 spiro atoms. The number of halogens is 2. The van der Waals surface area contributed by atoms with Gasteiger partial charge in [-0.3, -0.25) is 9.59 Å². The van der Waals surface area contributed by atoms with Gasteiger partial charge in [0.2, 0.25) is 11.8 Å². The van der Waals surface area contributed by atoms with E-state index in [0.29, 0.717) is 41.9 Å². The van der Waals surface area contributed by atoms with Crippen molar-refractivity contribution in [1.82, 2.24) is 20.0 Å². The molecule has 3 fully saturated rings. The van der Waals surface area contributed by atoms with E-state index in [0.717, 1.165) is 37.1 Å². The molecule has 1 aliphatic heterocycles. The Morgan fingerprint density at radius 2 is 1.72 bits per heavy atom. The van der Waals surface area contributed by atoms with Crippen molar-refractivity contribution in [2.75, 3.05) is 37.6 Å². The molecule has 2 aromatic rings. The Balaban J connectivity index is 1.17. The van der Waals surface area contributed by atoms with Gasteiger partial charge in [0.1, 0.15) is 6.54 Å². The minimum absolute atomic E-state index is 0.0457. The van der Waals surface area contributed by atoms with Gasteiger partial charge in [0, 0.05) is 48.7 Å². The van der Waals surface area contributed by atoms with Crippen LogP contribution in [0.3, 0.4) is 0 Å².